The Bertz CT molecular complexity index is 797. The van der Waals surface area contributed by atoms with E-state index in [9.17, 15) is 4.79 Å². The Hall–Kier alpha value is -1.12. The quantitative estimate of drug-likeness (QED) is 0.359. The minimum atomic E-state index is -0.535. The molecule has 1 aliphatic heterocycles. The first-order valence-corrected chi connectivity index (χ1v) is 8.01. The number of carbonyl (C=O) groups excluding carboxylic acids is 1. The minimum absolute atomic E-state index is 0.168. The molecule has 0 spiro atoms. The maximum atomic E-state index is 11.9. The average Bonchev–Trinajstić information content (AvgIpc) is 3.00. The van der Waals surface area contributed by atoms with Crippen LogP contribution < -0.4 is 0 Å². The fourth-order valence-electron chi connectivity index (χ4n) is 1.73. The molecule has 1 aromatic carbocycles. The molecule has 0 fully saturated rings. The van der Waals surface area contributed by atoms with E-state index in [1.807, 2.05) is 6.07 Å². The standard InChI is InChI=1S/C14H6BrClINO3/c15-12-4-2-8(20-12)6-11-14(19)21-13(18-11)9-5-7(17)1-3-10(9)16/h1-6H/b11-6-. The first kappa shape index (κ1) is 14.8. The van der Waals surface area contributed by atoms with Gasteiger partial charge >= 0.3 is 5.97 Å². The van der Waals surface area contributed by atoms with Crippen molar-refractivity contribution in [1.29, 1.82) is 0 Å². The molecule has 0 radical (unpaired) electrons. The zero-order valence-corrected chi connectivity index (χ0v) is 14.8. The fraction of sp³-hybridized carbons (Fsp3) is 0. The van der Waals surface area contributed by atoms with Crippen LogP contribution in [0.3, 0.4) is 0 Å². The van der Waals surface area contributed by atoms with Crippen molar-refractivity contribution < 1.29 is 13.9 Å². The molecule has 1 aliphatic rings. The number of nitrogens with zero attached hydrogens (tertiary/aromatic N) is 1. The Morgan fingerprint density at radius 3 is 2.81 bits per heavy atom. The van der Waals surface area contributed by atoms with Crippen molar-refractivity contribution >= 4 is 68.1 Å². The van der Waals surface area contributed by atoms with E-state index in [-0.39, 0.29) is 11.6 Å². The number of ether oxygens (including phenoxy) is 1. The fourth-order valence-corrected chi connectivity index (χ4v) is 2.74. The zero-order chi connectivity index (χ0) is 15.0. The number of aliphatic imine (C=N–C) groups is 1. The number of cyclic esters (lactones) is 1. The summed E-state index contributed by atoms with van der Waals surface area (Å²) >= 11 is 11.5. The van der Waals surface area contributed by atoms with Crippen molar-refractivity contribution in [2.24, 2.45) is 4.99 Å². The van der Waals surface area contributed by atoms with E-state index in [4.69, 9.17) is 20.8 Å². The van der Waals surface area contributed by atoms with E-state index >= 15 is 0 Å². The van der Waals surface area contributed by atoms with Gasteiger partial charge in [-0.1, -0.05) is 11.6 Å². The number of furan rings is 1. The van der Waals surface area contributed by atoms with E-state index in [2.05, 4.69) is 43.5 Å². The van der Waals surface area contributed by atoms with Crippen molar-refractivity contribution in [3.63, 3.8) is 0 Å². The maximum Gasteiger partial charge on any atom is 0.363 e. The summed E-state index contributed by atoms with van der Waals surface area (Å²) in [5, 5.41) is 0.476. The molecular weight excluding hydrogens is 472 g/mol. The lowest BCUT2D eigenvalue weighted by atomic mass is 10.2. The lowest BCUT2D eigenvalue weighted by molar-refractivity contribution is -0.129. The molecule has 0 saturated heterocycles. The number of rotatable bonds is 2. The topological polar surface area (TPSA) is 51.8 Å². The molecule has 0 unspecified atom stereocenters. The van der Waals surface area contributed by atoms with Gasteiger partial charge in [0.2, 0.25) is 5.90 Å². The van der Waals surface area contributed by atoms with Crippen molar-refractivity contribution in [2.75, 3.05) is 0 Å². The molecule has 2 heterocycles. The van der Waals surface area contributed by atoms with Crippen molar-refractivity contribution in [1.82, 2.24) is 0 Å². The predicted molar refractivity (Wildman–Crippen MR) is 91.2 cm³/mol. The molecule has 0 atom stereocenters. The molecule has 0 amide bonds. The molecule has 0 aliphatic carbocycles. The highest BCUT2D eigenvalue weighted by molar-refractivity contribution is 14.1. The van der Waals surface area contributed by atoms with Crippen LogP contribution in [0.15, 0.2) is 50.1 Å². The SMILES string of the molecule is O=C1OC(c2cc(I)ccc2Cl)=N/C1=C\c1ccc(Br)o1. The molecule has 21 heavy (non-hydrogen) atoms. The van der Waals surface area contributed by atoms with E-state index in [1.54, 1.807) is 24.3 Å². The van der Waals surface area contributed by atoms with Crippen LogP contribution in [0.5, 0.6) is 0 Å². The Kier molecular flexibility index (Phi) is 4.19. The highest BCUT2D eigenvalue weighted by Gasteiger charge is 2.26. The summed E-state index contributed by atoms with van der Waals surface area (Å²) in [6, 6.07) is 8.85. The van der Waals surface area contributed by atoms with Gasteiger partial charge in [-0.05, 0) is 68.9 Å². The Balaban J connectivity index is 1.99. The minimum Gasteiger partial charge on any atom is -0.450 e. The van der Waals surface area contributed by atoms with Gasteiger partial charge in [-0.2, -0.15) is 0 Å². The smallest absolute Gasteiger partial charge is 0.363 e. The van der Waals surface area contributed by atoms with Gasteiger partial charge in [-0.3, -0.25) is 0 Å². The third kappa shape index (κ3) is 3.22. The van der Waals surface area contributed by atoms with Crippen molar-refractivity contribution in [3.05, 3.63) is 60.6 Å². The third-order valence-electron chi connectivity index (χ3n) is 2.65. The molecule has 1 aromatic heterocycles. The van der Waals surface area contributed by atoms with Crippen molar-refractivity contribution in [2.45, 2.75) is 0 Å². The van der Waals surface area contributed by atoms with Crippen LogP contribution in [0, 0.1) is 3.57 Å². The summed E-state index contributed by atoms with van der Waals surface area (Å²) in [5.41, 5.74) is 0.753. The molecule has 2 aromatic rings. The molecule has 4 nitrogen and oxygen atoms in total. The van der Waals surface area contributed by atoms with Crippen molar-refractivity contribution in [3.8, 4) is 0 Å². The van der Waals surface area contributed by atoms with Crippen LogP contribution in [0.4, 0.5) is 0 Å². The molecule has 3 rings (SSSR count). The number of benzene rings is 1. The molecule has 0 N–H and O–H groups in total. The van der Waals surface area contributed by atoms with Gasteiger partial charge in [0.25, 0.3) is 0 Å². The van der Waals surface area contributed by atoms with Crippen LogP contribution in [0.1, 0.15) is 11.3 Å². The highest BCUT2D eigenvalue weighted by atomic mass is 127. The number of esters is 1. The van der Waals surface area contributed by atoms with E-state index < -0.39 is 5.97 Å². The Labute approximate surface area is 147 Å². The lowest BCUT2D eigenvalue weighted by Crippen LogP contribution is -2.06. The molecule has 0 saturated carbocycles. The average molecular weight is 478 g/mol. The van der Waals surface area contributed by atoms with Gasteiger partial charge in [-0.15, -0.1) is 0 Å². The number of carbonyl (C=O) groups is 1. The number of halogens is 3. The second kappa shape index (κ2) is 5.94. The van der Waals surface area contributed by atoms with Gasteiger partial charge in [0.15, 0.2) is 10.4 Å². The molecule has 7 heteroatoms. The predicted octanol–water partition coefficient (Wildman–Crippen LogP) is 4.64. The Morgan fingerprint density at radius 1 is 1.29 bits per heavy atom. The summed E-state index contributed by atoms with van der Waals surface area (Å²) < 4.78 is 12.0. The first-order valence-electron chi connectivity index (χ1n) is 5.76. The van der Waals surface area contributed by atoms with Gasteiger partial charge in [0.1, 0.15) is 5.76 Å². The summed E-state index contributed by atoms with van der Waals surface area (Å²) in [4.78, 5) is 16.1. The van der Waals surface area contributed by atoms with Gasteiger partial charge in [0, 0.05) is 9.65 Å². The normalized spacial score (nSPS) is 16.2. The molecular formula is C14H6BrClINO3. The molecule has 0 bridgehead atoms. The summed E-state index contributed by atoms with van der Waals surface area (Å²) in [6.07, 6.45) is 1.52. The van der Waals surface area contributed by atoms with Gasteiger partial charge in [0.05, 0.1) is 10.6 Å². The van der Waals surface area contributed by atoms with Crippen LogP contribution in [0.25, 0.3) is 6.08 Å². The summed E-state index contributed by atoms with van der Waals surface area (Å²) in [6.45, 7) is 0. The van der Waals surface area contributed by atoms with E-state index in [0.717, 1.165) is 3.57 Å². The monoisotopic (exact) mass is 477 g/mol. The number of hydrogen-bond donors (Lipinski definition) is 0. The van der Waals surface area contributed by atoms with Crippen LogP contribution >= 0.6 is 50.1 Å². The zero-order valence-electron chi connectivity index (χ0n) is 10.3. The van der Waals surface area contributed by atoms with Crippen LogP contribution in [0.2, 0.25) is 5.02 Å². The largest absolute Gasteiger partial charge is 0.450 e. The second-order valence-corrected chi connectivity index (χ2v) is 6.54. The summed E-state index contributed by atoms with van der Waals surface area (Å²) in [5.74, 6) is 0.167. The first-order chi connectivity index (χ1) is 10.0. The van der Waals surface area contributed by atoms with Crippen LogP contribution in [-0.2, 0) is 9.53 Å². The molecule has 106 valence electrons. The second-order valence-electron chi connectivity index (χ2n) is 4.10. The van der Waals surface area contributed by atoms with E-state index in [0.29, 0.717) is 21.0 Å². The highest BCUT2D eigenvalue weighted by Crippen LogP contribution is 2.26. The lowest BCUT2D eigenvalue weighted by Gasteiger charge is -2.02. The summed E-state index contributed by atoms with van der Waals surface area (Å²) in [7, 11) is 0. The Morgan fingerprint density at radius 2 is 2.10 bits per heavy atom. The van der Waals surface area contributed by atoms with E-state index in [1.165, 1.54) is 6.08 Å². The maximum absolute atomic E-state index is 11.9. The third-order valence-corrected chi connectivity index (χ3v) is 4.08. The number of hydrogen-bond acceptors (Lipinski definition) is 4. The van der Waals surface area contributed by atoms with Gasteiger partial charge < -0.3 is 9.15 Å². The van der Waals surface area contributed by atoms with Crippen LogP contribution in [-0.4, -0.2) is 11.9 Å². The van der Waals surface area contributed by atoms with Gasteiger partial charge in [-0.25, -0.2) is 9.79 Å².